The minimum absolute atomic E-state index is 0.301. The lowest BCUT2D eigenvalue weighted by Gasteiger charge is -2.32. The zero-order valence-corrected chi connectivity index (χ0v) is 32.2. The number of fused-ring (bicyclic) bond motifs is 10. The summed E-state index contributed by atoms with van der Waals surface area (Å²) in [4.78, 5) is 2.85. The first kappa shape index (κ1) is 30.3. The van der Waals surface area contributed by atoms with E-state index in [0.717, 1.165) is 4.47 Å². The minimum Gasteiger partial charge on any atom is -0.126 e. The van der Waals surface area contributed by atoms with Crippen molar-refractivity contribution in [2.75, 3.05) is 11.5 Å². The van der Waals surface area contributed by atoms with Gasteiger partial charge in [-0.25, -0.2) is 0 Å². The SMILES string of the molecule is C[Si](C)(C)CCSc1ccc2c(c1)-c1cccc(SCC[Si](C)(C)C)c1C21c2cc(Br)ccc2-c2ccc(I)cc21. The maximum absolute atomic E-state index is 3.87. The normalized spacial score (nSPS) is 17.0. The molecule has 41 heavy (non-hydrogen) atoms. The van der Waals surface area contributed by atoms with Crippen LogP contribution in [0.15, 0.2) is 87.1 Å². The lowest BCUT2D eigenvalue weighted by molar-refractivity contribution is 0.773. The van der Waals surface area contributed by atoms with Gasteiger partial charge in [0.05, 0.1) is 5.41 Å². The topological polar surface area (TPSA) is 0 Å². The van der Waals surface area contributed by atoms with E-state index < -0.39 is 16.1 Å². The second-order valence-electron chi connectivity index (χ2n) is 13.8. The van der Waals surface area contributed by atoms with Crippen molar-refractivity contribution in [3.05, 3.63) is 103 Å². The number of hydrogen-bond donors (Lipinski definition) is 0. The summed E-state index contributed by atoms with van der Waals surface area (Å²) >= 11 is 10.5. The fraction of sp³-hybridized carbons (Fsp3) is 0.314. The van der Waals surface area contributed by atoms with Gasteiger partial charge in [-0.2, -0.15) is 0 Å². The van der Waals surface area contributed by atoms with Gasteiger partial charge in [-0.05, 0) is 133 Å². The second-order valence-corrected chi connectivity index (χ2v) is 29.5. The summed E-state index contributed by atoms with van der Waals surface area (Å²) in [5, 5.41) is 0. The summed E-state index contributed by atoms with van der Waals surface area (Å²) in [7, 11) is -2.20. The molecular formula is C35H38BrIS2Si2. The first-order chi connectivity index (χ1) is 19.4. The molecule has 0 amide bonds. The average molecular weight is 786 g/mol. The number of rotatable bonds is 8. The maximum atomic E-state index is 3.87. The molecule has 212 valence electrons. The molecule has 0 aromatic heterocycles. The van der Waals surface area contributed by atoms with E-state index in [-0.39, 0.29) is 5.41 Å². The van der Waals surface area contributed by atoms with E-state index in [0.29, 0.717) is 0 Å². The Morgan fingerprint density at radius 3 is 2.02 bits per heavy atom. The highest BCUT2D eigenvalue weighted by molar-refractivity contribution is 14.1. The van der Waals surface area contributed by atoms with E-state index in [4.69, 9.17) is 0 Å². The van der Waals surface area contributed by atoms with Crippen LogP contribution in [0, 0.1) is 3.57 Å². The average Bonchev–Trinajstić information content (AvgIpc) is 3.33. The van der Waals surface area contributed by atoms with Crippen molar-refractivity contribution < 1.29 is 0 Å². The minimum atomic E-state index is -1.13. The first-order valence-corrected chi connectivity index (χ1v) is 25.8. The molecule has 0 bridgehead atoms. The van der Waals surface area contributed by atoms with Crippen molar-refractivity contribution in [2.45, 2.75) is 66.6 Å². The molecule has 0 fully saturated rings. The van der Waals surface area contributed by atoms with Crippen LogP contribution in [0.4, 0.5) is 0 Å². The number of thioether (sulfide) groups is 2. The third-order valence-electron chi connectivity index (χ3n) is 8.38. The molecule has 0 radical (unpaired) electrons. The summed E-state index contributed by atoms with van der Waals surface area (Å²) in [5.41, 5.74) is 11.1. The van der Waals surface area contributed by atoms with Crippen LogP contribution in [-0.4, -0.2) is 27.7 Å². The summed E-state index contributed by atoms with van der Waals surface area (Å²) in [6, 6.07) is 31.2. The van der Waals surface area contributed by atoms with Crippen molar-refractivity contribution in [3.8, 4) is 22.3 Å². The second kappa shape index (κ2) is 11.3. The van der Waals surface area contributed by atoms with E-state index in [1.165, 1.54) is 81.5 Å². The Morgan fingerprint density at radius 2 is 1.32 bits per heavy atom. The zero-order chi connectivity index (χ0) is 29.2. The van der Waals surface area contributed by atoms with Gasteiger partial charge in [0.15, 0.2) is 0 Å². The molecule has 4 aromatic rings. The van der Waals surface area contributed by atoms with E-state index in [1.807, 2.05) is 11.8 Å². The third-order valence-corrected chi connectivity index (χ3v) is 15.8. The van der Waals surface area contributed by atoms with Gasteiger partial charge in [0, 0.05) is 34.0 Å². The number of hydrogen-bond acceptors (Lipinski definition) is 2. The van der Waals surface area contributed by atoms with Gasteiger partial charge in [0.1, 0.15) is 0 Å². The molecule has 0 aliphatic heterocycles. The summed E-state index contributed by atoms with van der Waals surface area (Å²) < 4.78 is 2.44. The molecule has 0 heterocycles. The Balaban J connectivity index is 1.59. The van der Waals surface area contributed by atoms with Gasteiger partial charge < -0.3 is 0 Å². The monoisotopic (exact) mass is 784 g/mol. The molecule has 6 rings (SSSR count). The van der Waals surface area contributed by atoms with Crippen LogP contribution in [0.1, 0.15) is 22.3 Å². The molecule has 2 aliphatic rings. The van der Waals surface area contributed by atoms with Crippen molar-refractivity contribution in [3.63, 3.8) is 0 Å². The van der Waals surface area contributed by atoms with Crippen LogP contribution in [0.25, 0.3) is 22.3 Å². The van der Waals surface area contributed by atoms with Crippen molar-refractivity contribution in [1.29, 1.82) is 0 Å². The lowest BCUT2D eigenvalue weighted by atomic mass is 9.70. The Morgan fingerprint density at radius 1 is 0.659 bits per heavy atom. The zero-order valence-electron chi connectivity index (χ0n) is 24.8. The molecule has 0 saturated heterocycles. The predicted octanol–water partition coefficient (Wildman–Crippen LogP) is 12.3. The molecular weight excluding hydrogens is 747 g/mol. The molecule has 1 atom stereocenters. The molecule has 6 heteroatoms. The molecule has 2 aliphatic carbocycles. The van der Waals surface area contributed by atoms with E-state index in [9.17, 15) is 0 Å². The third kappa shape index (κ3) is 5.63. The first-order valence-electron chi connectivity index (χ1n) is 14.5. The van der Waals surface area contributed by atoms with Crippen LogP contribution in [-0.2, 0) is 5.41 Å². The highest BCUT2D eigenvalue weighted by Crippen LogP contribution is 2.65. The van der Waals surface area contributed by atoms with E-state index in [1.54, 1.807) is 0 Å². The van der Waals surface area contributed by atoms with Gasteiger partial charge in [-0.3, -0.25) is 0 Å². The maximum Gasteiger partial charge on any atom is 0.0737 e. The fourth-order valence-electron chi connectivity index (χ4n) is 6.33. The van der Waals surface area contributed by atoms with Crippen LogP contribution in [0.3, 0.4) is 0 Å². The van der Waals surface area contributed by atoms with Crippen molar-refractivity contribution in [2.24, 2.45) is 0 Å². The van der Waals surface area contributed by atoms with Gasteiger partial charge in [0.25, 0.3) is 0 Å². The van der Waals surface area contributed by atoms with Crippen LogP contribution < -0.4 is 0 Å². The molecule has 0 saturated carbocycles. The molecule has 1 spiro atoms. The Bertz CT molecular complexity index is 1600. The standard InChI is InChI=1S/C35H38BrIS2Si2/c1-40(2,3)18-16-38-25-12-15-30-29(22-25)28-8-7-9-33(39-17-19-41(4,5)6)34(28)35(30)31-20-23(36)10-13-26(31)27-14-11-24(37)21-32(27)35/h7-15,20-22H,16-19H2,1-6H3. The largest absolute Gasteiger partial charge is 0.126 e. The summed E-state index contributed by atoms with van der Waals surface area (Å²) in [6.45, 7) is 14.9. The van der Waals surface area contributed by atoms with Crippen molar-refractivity contribution in [1.82, 2.24) is 0 Å². The molecule has 0 nitrogen and oxygen atoms in total. The van der Waals surface area contributed by atoms with Crippen LogP contribution in [0.2, 0.25) is 51.4 Å². The Kier molecular flexibility index (Phi) is 8.34. The van der Waals surface area contributed by atoms with Gasteiger partial charge in [-0.15, -0.1) is 23.5 Å². The summed E-state index contributed by atoms with van der Waals surface area (Å²) in [5.74, 6) is 2.39. The van der Waals surface area contributed by atoms with Crippen LogP contribution >= 0.6 is 62.0 Å². The fourth-order valence-corrected chi connectivity index (χ4v) is 14.3. The van der Waals surface area contributed by atoms with Gasteiger partial charge >= 0.3 is 0 Å². The quantitative estimate of drug-likeness (QED) is 0.0856. The highest BCUT2D eigenvalue weighted by atomic mass is 127. The Hall–Kier alpha value is -0.776. The highest BCUT2D eigenvalue weighted by Gasteiger charge is 2.53. The lowest BCUT2D eigenvalue weighted by Crippen LogP contribution is -2.27. The van der Waals surface area contributed by atoms with Gasteiger partial charge in [-0.1, -0.05) is 85.5 Å². The van der Waals surface area contributed by atoms with Gasteiger partial charge in [0.2, 0.25) is 0 Å². The van der Waals surface area contributed by atoms with Crippen LogP contribution in [0.5, 0.6) is 0 Å². The molecule has 0 N–H and O–H groups in total. The smallest absolute Gasteiger partial charge is 0.0737 e. The number of benzene rings is 4. The van der Waals surface area contributed by atoms with E-state index >= 15 is 0 Å². The molecule has 4 aromatic carbocycles. The predicted molar refractivity (Wildman–Crippen MR) is 201 cm³/mol. The van der Waals surface area contributed by atoms with E-state index in [2.05, 4.69) is 162 Å². The Labute approximate surface area is 279 Å². The van der Waals surface area contributed by atoms with Crippen molar-refractivity contribution >= 4 is 78.2 Å². The number of halogens is 2. The molecule has 1 unspecified atom stereocenters. The summed E-state index contributed by atoms with van der Waals surface area (Å²) in [6.07, 6.45) is 0.